The van der Waals surface area contributed by atoms with E-state index in [1.807, 2.05) is 11.4 Å². The summed E-state index contributed by atoms with van der Waals surface area (Å²) in [6.07, 6.45) is 0. The van der Waals surface area contributed by atoms with Crippen molar-refractivity contribution in [2.45, 2.75) is 0 Å². The van der Waals surface area contributed by atoms with E-state index in [0.29, 0.717) is 37.2 Å². The fourth-order valence-electron chi connectivity index (χ4n) is 2.13. The number of halogens is 3. The van der Waals surface area contributed by atoms with Gasteiger partial charge in [-0.1, -0.05) is 34.8 Å². The van der Waals surface area contributed by atoms with Gasteiger partial charge >= 0.3 is 0 Å². The minimum Gasteiger partial charge on any atom is -0.495 e. The van der Waals surface area contributed by atoms with Crippen LogP contribution in [0, 0.1) is 0 Å². The first-order valence-corrected chi connectivity index (χ1v) is 9.05. The maximum absolute atomic E-state index is 12.3. The maximum Gasteiger partial charge on any atom is 0.259 e. The Bertz CT molecular complexity index is 943. The molecule has 0 unspecified atom stereocenters. The number of anilines is 1. The minimum atomic E-state index is -0.374. The number of ether oxygens (including phenoxy) is 1. The van der Waals surface area contributed by atoms with Crippen molar-refractivity contribution in [1.29, 1.82) is 0 Å². The van der Waals surface area contributed by atoms with Gasteiger partial charge in [-0.2, -0.15) is 0 Å². The third-order valence-electron chi connectivity index (χ3n) is 3.35. The predicted molar refractivity (Wildman–Crippen MR) is 104 cm³/mol. The standard InChI is InChI=1S/C17H11Cl3N2O2S/c1-24-15-5-2-9(6-13(15)20)14-8-25-17(21-14)22-16(23)11-7-10(18)3-4-12(11)19/h2-8H,1H3,(H,21,22,23). The number of aromatic nitrogens is 1. The van der Waals surface area contributed by atoms with Gasteiger partial charge in [0.1, 0.15) is 5.75 Å². The second-order valence-electron chi connectivity index (χ2n) is 4.97. The number of thiazole rings is 1. The number of amides is 1. The molecular weight excluding hydrogens is 403 g/mol. The van der Waals surface area contributed by atoms with Crippen LogP contribution in [0.3, 0.4) is 0 Å². The van der Waals surface area contributed by atoms with Gasteiger partial charge in [-0.05, 0) is 36.4 Å². The number of nitrogens with one attached hydrogen (secondary N) is 1. The highest BCUT2D eigenvalue weighted by atomic mass is 35.5. The summed E-state index contributed by atoms with van der Waals surface area (Å²) in [7, 11) is 1.55. The van der Waals surface area contributed by atoms with Crippen LogP contribution in [0.5, 0.6) is 5.75 Å². The van der Waals surface area contributed by atoms with Gasteiger partial charge < -0.3 is 4.74 Å². The fraction of sp³-hybridized carbons (Fsp3) is 0.0588. The molecule has 0 bridgehead atoms. The number of hydrogen-bond donors (Lipinski definition) is 1. The Morgan fingerprint density at radius 2 is 1.92 bits per heavy atom. The van der Waals surface area contributed by atoms with E-state index in [-0.39, 0.29) is 5.91 Å². The van der Waals surface area contributed by atoms with Crippen molar-refractivity contribution in [3.63, 3.8) is 0 Å². The van der Waals surface area contributed by atoms with E-state index in [0.717, 1.165) is 5.56 Å². The molecule has 4 nitrogen and oxygen atoms in total. The average molecular weight is 414 g/mol. The summed E-state index contributed by atoms with van der Waals surface area (Å²) < 4.78 is 5.13. The lowest BCUT2D eigenvalue weighted by Crippen LogP contribution is -2.12. The number of methoxy groups -OCH3 is 1. The molecule has 0 fully saturated rings. The van der Waals surface area contributed by atoms with Gasteiger partial charge in [0.05, 0.1) is 28.4 Å². The summed E-state index contributed by atoms with van der Waals surface area (Å²) in [4.78, 5) is 16.8. The van der Waals surface area contributed by atoms with Crippen LogP contribution in [0.2, 0.25) is 15.1 Å². The molecule has 0 spiro atoms. The summed E-state index contributed by atoms with van der Waals surface area (Å²) in [6.45, 7) is 0. The van der Waals surface area contributed by atoms with E-state index >= 15 is 0 Å². The monoisotopic (exact) mass is 412 g/mol. The first kappa shape index (κ1) is 18.0. The highest BCUT2D eigenvalue weighted by molar-refractivity contribution is 7.14. The predicted octanol–water partition coefficient (Wildman–Crippen LogP) is 6.03. The molecule has 1 aromatic heterocycles. The third kappa shape index (κ3) is 4.07. The van der Waals surface area contributed by atoms with Gasteiger partial charge in [0.15, 0.2) is 5.13 Å². The number of carbonyl (C=O) groups excluding carboxylic acids is 1. The Morgan fingerprint density at radius 1 is 1.12 bits per heavy atom. The van der Waals surface area contributed by atoms with Gasteiger partial charge in [0.2, 0.25) is 0 Å². The first-order valence-electron chi connectivity index (χ1n) is 7.04. The molecule has 0 saturated heterocycles. The van der Waals surface area contributed by atoms with E-state index in [1.54, 1.807) is 31.4 Å². The zero-order chi connectivity index (χ0) is 18.0. The number of nitrogens with zero attached hydrogens (tertiary/aromatic N) is 1. The highest BCUT2D eigenvalue weighted by Gasteiger charge is 2.14. The zero-order valence-electron chi connectivity index (χ0n) is 12.8. The number of hydrogen-bond acceptors (Lipinski definition) is 4. The van der Waals surface area contributed by atoms with E-state index in [1.165, 1.54) is 17.4 Å². The molecule has 0 aliphatic carbocycles. The number of benzene rings is 2. The van der Waals surface area contributed by atoms with Gasteiger partial charge in [0, 0.05) is 16.0 Å². The summed E-state index contributed by atoms with van der Waals surface area (Å²) >= 11 is 19.4. The second kappa shape index (κ2) is 7.62. The van der Waals surface area contributed by atoms with Crippen molar-refractivity contribution in [3.8, 4) is 17.0 Å². The summed E-state index contributed by atoms with van der Waals surface area (Å²) in [5.41, 5.74) is 1.81. The molecule has 25 heavy (non-hydrogen) atoms. The molecular formula is C17H11Cl3N2O2S. The molecule has 2 aromatic carbocycles. The Kier molecular flexibility index (Phi) is 5.49. The van der Waals surface area contributed by atoms with Gasteiger partial charge in [-0.15, -0.1) is 11.3 Å². The molecule has 0 radical (unpaired) electrons. The molecule has 0 aliphatic rings. The van der Waals surface area contributed by atoms with Crippen LogP contribution in [-0.4, -0.2) is 18.0 Å². The molecule has 1 heterocycles. The van der Waals surface area contributed by atoms with E-state index in [4.69, 9.17) is 39.5 Å². The number of carbonyl (C=O) groups is 1. The van der Waals surface area contributed by atoms with Crippen molar-refractivity contribution in [3.05, 3.63) is 62.4 Å². The van der Waals surface area contributed by atoms with Crippen LogP contribution in [0.15, 0.2) is 41.8 Å². The van der Waals surface area contributed by atoms with E-state index in [2.05, 4.69) is 10.3 Å². The van der Waals surface area contributed by atoms with Crippen LogP contribution in [0.4, 0.5) is 5.13 Å². The molecule has 0 saturated carbocycles. The molecule has 1 amide bonds. The van der Waals surface area contributed by atoms with Crippen molar-refractivity contribution in [2.75, 3.05) is 12.4 Å². The van der Waals surface area contributed by atoms with Crippen LogP contribution < -0.4 is 10.1 Å². The number of rotatable bonds is 4. The SMILES string of the molecule is COc1ccc(-c2csc(NC(=O)c3cc(Cl)ccc3Cl)n2)cc1Cl. The lowest BCUT2D eigenvalue weighted by molar-refractivity contribution is 0.102. The zero-order valence-corrected chi connectivity index (χ0v) is 15.9. The third-order valence-corrected chi connectivity index (χ3v) is 4.96. The molecule has 0 aliphatic heterocycles. The first-order chi connectivity index (χ1) is 12.0. The van der Waals surface area contributed by atoms with Crippen molar-refractivity contribution in [1.82, 2.24) is 4.98 Å². The summed E-state index contributed by atoms with van der Waals surface area (Å²) in [5.74, 6) is 0.214. The molecule has 3 aromatic rings. The Hall–Kier alpha value is -1.79. The topological polar surface area (TPSA) is 51.2 Å². The Balaban J connectivity index is 1.81. The molecule has 1 N–H and O–H groups in total. The molecule has 3 rings (SSSR count). The van der Waals surface area contributed by atoms with Crippen LogP contribution in [0.25, 0.3) is 11.3 Å². The van der Waals surface area contributed by atoms with Crippen LogP contribution >= 0.6 is 46.1 Å². The fourth-order valence-corrected chi connectivity index (χ4v) is 3.47. The van der Waals surface area contributed by atoms with Crippen molar-refractivity contribution < 1.29 is 9.53 Å². The minimum absolute atomic E-state index is 0.290. The normalized spacial score (nSPS) is 10.6. The highest BCUT2D eigenvalue weighted by Crippen LogP contribution is 2.32. The quantitative estimate of drug-likeness (QED) is 0.568. The van der Waals surface area contributed by atoms with E-state index in [9.17, 15) is 4.79 Å². The molecule has 128 valence electrons. The van der Waals surface area contributed by atoms with Crippen LogP contribution in [-0.2, 0) is 0 Å². The van der Waals surface area contributed by atoms with Crippen molar-refractivity contribution in [2.24, 2.45) is 0 Å². The maximum atomic E-state index is 12.3. The largest absolute Gasteiger partial charge is 0.495 e. The average Bonchev–Trinajstić information content (AvgIpc) is 3.05. The Labute approximate surface area is 163 Å². The molecule has 8 heteroatoms. The molecule has 0 atom stereocenters. The lowest BCUT2D eigenvalue weighted by atomic mass is 10.2. The van der Waals surface area contributed by atoms with E-state index < -0.39 is 0 Å². The van der Waals surface area contributed by atoms with Crippen LogP contribution in [0.1, 0.15) is 10.4 Å². The van der Waals surface area contributed by atoms with Gasteiger partial charge in [-0.25, -0.2) is 4.98 Å². The van der Waals surface area contributed by atoms with Gasteiger partial charge in [0.25, 0.3) is 5.91 Å². The smallest absolute Gasteiger partial charge is 0.259 e. The lowest BCUT2D eigenvalue weighted by Gasteiger charge is -2.05. The summed E-state index contributed by atoms with van der Waals surface area (Å²) in [6, 6.07) is 10.1. The van der Waals surface area contributed by atoms with Crippen molar-refractivity contribution >= 4 is 57.2 Å². The summed E-state index contributed by atoms with van der Waals surface area (Å²) in [5, 5.41) is 6.24. The van der Waals surface area contributed by atoms with Gasteiger partial charge in [-0.3, -0.25) is 10.1 Å². The Morgan fingerprint density at radius 3 is 2.64 bits per heavy atom. The second-order valence-corrected chi connectivity index (χ2v) is 7.07.